The molecule has 2 aromatic carbocycles. The minimum absolute atomic E-state index is 0.0302. The normalized spacial score (nSPS) is 10.6. The average Bonchev–Trinajstić information content (AvgIpc) is 2.67. The summed E-state index contributed by atoms with van der Waals surface area (Å²) in [4.78, 5) is 12.8. The molecule has 0 fully saturated rings. The van der Waals surface area contributed by atoms with E-state index in [2.05, 4.69) is 9.97 Å². The van der Waals surface area contributed by atoms with E-state index in [1.807, 2.05) is 66.7 Å². The Labute approximate surface area is 149 Å². The summed E-state index contributed by atoms with van der Waals surface area (Å²) in [6.45, 7) is 0. The number of pyridine rings is 1. The van der Waals surface area contributed by atoms with E-state index in [0.717, 1.165) is 22.2 Å². The zero-order chi connectivity index (χ0) is 18.1. The average molecular weight is 338 g/mol. The summed E-state index contributed by atoms with van der Waals surface area (Å²) in [7, 11) is 0. The summed E-state index contributed by atoms with van der Waals surface area (Å²) < 4.78 is 0. The molecule has 6 heteroatoms. The number of hydrogen-bond acceptors (Lipinski definition) is 6. The Morgan fingerprint density at radius 3 is 2.35 bits per heavy atom. The first-order valence-corrected chi connectivity index (χ1v) is 7.95. The Hall–Kier alpha value is -3.98. The second-order valence-corrected chi connectivity index (χ2v) is 5.77. The molecule has 4 N–H and O–H groups in total. The van der Waals surface area contributed by atoms with E-state index in [-0.39, 0.29) is 17.3 Å². The van der Waals surface area contributed by atoms with Crippen LogP contribution in [0, 0.1) is 11.3 Å². The highest BCUT2D eigenvalue weighted by atomic mass is 15.0. The van der Waals surface area contributed by atoms with Gasteiger partial charge in [-0.3, -0.25) is 0 Å². The summed E-state index contributed by atoms with van der Waals surface area (Å²) >= 11 is 0. The number of nitrogens with zero attached hydrogens (tertiary/aromatic N) is 4. The molecule has 0 amide bonds. The van der Waals surface area contributed by atoms with Crippen molar-refractivity contribution in [2.45, 2.75) is 0 Å². The fraction of sp³-hybridized carbons (Fsp3) is 0. The van der Waals surface area contributed by atoms with Crippen molar-refractivity contribution in [1.82, 2.24) is 15.0 Å². The van der Waals surface area contributed by atoms with Crippen LogP contribution < -0.4 is 11.5 Å². The van der Waals surface area contributed by atoms with Crippen LogP contribution >= 0.6 is 0 Å². The SMILES string of the molecule is N#Cc1c(N)nc(N)nc1-c1ccc2ccc(-c3ccccc3)nc2c1. The van der Waals surface area contributed by atoms with Gasteiger partial charge >= 0.3 is 0 Å². The van der Waals surface area contributed by atoms with Gasteiger partial charge in [0, 0.05) is 16.5 Å². The Kier molecular flexibility index (Phi) is 3.67. The van der Waals surface area contributed by atoms with E-state index < -0.39 is 0 Å². The molecule has 124 valence electrons. The van der Waals surface area contributed by atoms with Crippen LogP contribution in [-0.4, -0.2) is 15.0 Å². The quantitative estimate of drug-likeness (QED) is 0.579. The topological polar surface area (TPSA) is 114 Å². The Morgan fingerprint density at radius 2 is 1.58 bits per heavy atom. The minimum Gasteiger partial charge on any atom is -0.382 e. The van der Waals surface area contributed by atoms with Gasteiger partial charge in [-0.15, -0.1) is 0 Å². The number of nitriles is 1. The first kappa shape index (κ1) is 15.5. The molecule has 0 spiro atoms. The maximum Gasteiger partial charge on any atom is 0.222 e. The van der Waals surface area contributed by atoms with Crippen LogP contribution in [0.4, 0.5) is 11.8 Å². The van der Waals surface area contributed by atoms with Gasteiger partial charge in [0.25, 0.3) is 0 Å². The second-order valence-electron chi connectivity index (χ2n) is 5.77. The van der Waals surface area contributed by atoms with Crippen LogP contribution in [-0.2, 0) is 0 Å². The maximum absolute atomic E-state index is 9.39. The lowest BCUT2D eigenvalue weighted by molar-refractivity contribution is 1.18. The summed E-state index contributed by atoms with van der Waals surface area (Å²) in [5.74, 6) is 0.101. The minimum atomic E-state index is 0.0302. The van der Waals surface area contributed by atoms with Crippen LogP contribution in [0.25, 0.3) is 33.4 Å². The Bertz CT molecular complexity index is 1160. The molecule has 0 saturated carbocycles. The molecule has 4 rings (SSSR count). The number of nitrogen functional groups attached to an aromatic ring is 2. The lowest BCUT2D eigenvalue weighted by Crippen LogP contribution is -2.05. The lowest BCUT2D eigenvalue weighted by atomic mass is 10.0. The zero-order valence-electron chi connectivity index (χ0n) is 13.7. The van der Waals surface area contributed by atoms with Crippen molar-refractivity contribution in [1.29, 1.82) is 5.26 Å². The molecule has 0 atom stereocenters. The van der Waals surface area contributed by atoms with Gasteiger partial charge in [0.1, 0.15) is 17.5 Å². The number of fused-ring (bicyclic) bond motifs is 1. The molecule has 0 radical (unpaired) electrons. The molecule has 0 aliphatic rings. The van der Waals surface area contributed by atoms with E-state index in [4.69, 9.17) is 16.5 Å². The van der Waals surface area contributed by atoms with Gasteiger partial charge in [-0.1, -0.05) is 48.5 Å². The predicted molar refractivity (Wildman–Crippen MR) is 102 cm³/mol. The lowest BCUT2D eigenvalue weighted by Gasteiger charge is -2.08. The van der Waals surface area contributed by atoms with Crippen LogP contribution in [0.3, 0.4) is 0 Å². The standard InChI is InChI=1S/C20H14N6/c21-11-15-18(25-20(23)26-19(15)22)14-7-6-13-8-9-16(24-17(13)10-14)12-4-2-1-3-5-12/h1-10H,(H4,22,23,25,26). The zero-order valence-corrected chi connectivity index (χ0v) is 13.7. The molecule has 2 aromatic heterocycles. The number of benzene rings is 2. The van der Waals surface area contributed by atoms with Gasteiger partial charge in [0.2, 0.25) is 5.95 Å². The molecule has 26 heavy (non-hydrogen) atoms. The number of rotatable bonds is 2. The highest BCUT2D eigenvalue weighted by Crippen LogP contribution is 2.29. The van der Waals surface area contributed by atoms with Crippen LogP contribution in [0.2, 0.25) is 0 Å². The number of aromatic nitrogens is 3. The summed E-state index contributed by atoms with van der Waals surface area (Å²) in [6, 6.07) is 21.7. The molecular formula is C20H14N6. The van der Waals surface area contributed by atoms with Crippen LogP contribution in [0.1, 0.15) is 5.56 Å². The van der Waals surface area contributed by atoms with E-state index in [0.29, 0.717) is 11.3 Å². The molecule has 0 bridgehead atoms. The predicted octanol–water partition coefficient (Wildman–Crippen LogP) is 3.39. The summed E-state index contributed by atoms with van der Waals surface area (Å²) in [6.07, 6.45) is 0. The summed E-state index contributed by atoms with van der Waals surface area (Å²) in [5.41, 5.74) is 15.6. The van der Waals surface area contributed by atoms with E-state index in [1.165, 1.54) is 0 Å². The van der Waals surface area contributed by atoms with Gasteiger partial charge in [0.15, 0.2) is 0 Å². The van der Waals surface area contributed by atoms with Crippen molar-refractivity contribution in [3.8, 4) is 28.6 Å². The van der Waals surface area contributed by atoms with E-state index in [1.54, 1.807) is 0 Å². The first-order valence-electron chi connectivity index (χ1n) is 7.95. The third kappa shape index (κ3) is 2.68. The summed E-state index contributed by atoms with van der Waals surface area (Å²) in [5, 5.41) is 10.4. The van der Waals surface area contributed by atoms with Gasteiger partial charge < -0.3 is 11.5 Å². The van der Waals surface area contributed by atoms with Crippen molar-refractivity contribution in [2.75, 3.05) is 11.5 Å². The number of anilines is 2. The maximum atomic E-state index is 9.39. The van der Waals surface area contributed by atoms with Gasteiger partial charge in [-0.2, -0.15) is 10.2 Å². The van der Waals surface area contributed by atoms with Crippen molar-refractivity contribution >= 4 is 22.7 Å². The van der Waals surface area contributed by atoms with Crippen molar-refractivity contribution in [2.24, 2.45) is 0 Å². The Morgan fingerprint density at radius 1 is 0.808 bits per heavy atom. The first-order chi connectivity index (χ1) is 12.7. The van der Waals surface area contributed by atoms with Gasteiger partial charge in [0.05, 0.1) is 16.9 Å². The van der Waals surface area contributed by atoms with Gasteiger partial charge in [-0.05, 0) is 12.1 Å². The Balaban J connectivity index is 1.90. The highest BCUT2D eigenvalue weighted by Gasteiger charge is 2.14. The monoisotopic (exact) mass is 338 g/mol. The smallest absolute Gasteiger partial charge is 0.222 e. The molecule has 0 aliphatic heterocycles. The molecule has 6 nitrogen and oxygen atoms in total. The van der Waals surface area contributed by atoms with Crippen molar-refractivity contribution in [3.05, 3.63) is 66.2 Å². The number of nitrogens with two attached hydrogens (primary N) is 2. The molecule has 4 aromatic rings. The van der Waals surface area contributed by atoms with Gasteiger partial charge in [-0.25, -0.2) is 9.97 Å². The molecule has 0 saturated heterocycles. The van der Waals surface area contributed by atoms with Crippen molar-refractivity contribution in [3.63, 3.8) is 0 Å². The third-order valence-corrected chi connectivity index (χ3v) is 4.10. The molecule has 0 unspecified atom stereocenters. The largest absolute Gasteiger partial charge is 0.382 e. The fourth-order valence-corrected chi connectivity index (χ4v) is 2.85. The fourth-order valence-electron chi connectivity index (χ4n) is 2.85. The second kappa shape index (κ2) is 6.15. The highest BCUT2D eigenvalue weighted by molar-refractivity contribution is 5.87. The van der Waals surface area contributed by atoms with Crippen LogP contribution in [0.15, 0.2) is 60.7 Å². The molecule has 0 aliphatic carbocycles. The van der Waals surface area contributed by atoms with E-state index in [9.17, 15) is 5.26 Å². The van der Waals surface area contributed by atoms with E-state index >= 15 is 0 Å². The third-order valence-electron chi connectivity index (χ3n) is 4.10. The number of hydrogen-bond donors (Lipinski definition) is 2. The molecular weight excluding hydrogens is 324 g/mol. The molecule has 2 heterocycles. The van der Waals surface area contributed by atoms with Crippen molar-refractivity contribution < 1.29 is 0 Å². The van der Waals surface area contributed by atoms with Crippen LogP contribution in [0.5, 0.6) is 0 Å².